The molecule has 0 saturated carbocycles. The molecule has 0 spiro atoms. The molecule has 104 valence electrons. The third kappa shape index (κ3) is 2.72. The highest BCUT2D eigenvalue weighted by molar-refractivity contribution is 5.89. The summed E-state index contributed by atoms with van der Waals surface area (Å²) in [5.74, 6) is -0.212. The Balaban J connectivity index is 1.91. The third-order valence-corrected chi connectivity index (χ3v) is 3.03. The van der Waals surface area contributed by atoms with Crippen LogP contribution >= 0.6 is 0 Å². The minimum atomic E-state index is -0.277. The lowest BCUT2D eigenvalue weighted by Crippen LogP contribution is -1.91. The van der Waals surface area contributed by atoms with Crippen LogP contribution in [0.1, 0.15) is 17.6 Å². The van der Waals surface area contributed by atoms with Gasteiger partial charge in [-0.25, -0.2) is 4.39 Å². The Morgan fingerprint density at radius 2 is 1.76 bits per heavy atom. The van der Waals surface area contributed by atoms with Gasteiger partial charge in [-0.1, -0.05) is 41.6 Å². The smallest absolute Gasteiger partial charge is 0.294 e. The minimum Gasteiger partial charge on any atom is -0.330 e. The number of aromatic nitrogens is 2. The van der Waals surface area contributed by atoms with Crippen molar-refractivity contribution < 1.29 is 13.7 Å². The molecule has 0 amide bonds. The third-order valence-electron chi connectivity index (χ3n) is 3.03. The molecule has 0 fully saturated rings. The van der Waals surface area contributed by atoms with Gasteiger partial charge in [0.05, 0.1) is 0 Å². The summed E-state index contributed by atoms with van der Waals surface area (Å²) in [6.45, 7) is 1.37. The maximum atomic E-state index is 13.2. The molecule has 4 nitrogen and oxygen atoms in total. The zero-order chi connectivity index (χ0) is 14.8. The van der Waals surface area contributed by atoms with Gasteiger partial charge in [-0.2, -0.15) is 4.98 Å². The van der Waals surface area contributed by atoms with E-state index in [9.17, 15) is 9.18 Å². The van der Waals surface area contributed by atoms with E-state index in [4.69, 9.17) is 4.52 Å². The van der Waals surface area contributed by atoms with Crippen molar-refractivity contribution in [1.29, 1.82) is 0 Å². The summed E-state index contributed by atoms with van der Waals surface area (Å²) in [5, 5.41) is 3.76. The van der Waals surface area contributed by atoms with Crippen molar-refractivity contribution >= 4 is 5.78 Å². The second-order valence-electron chi connectivity index (χ2n) is 4.57. The lowest BCUT2D eigenvalue weighted by Gasteiger charge is -2.02. The van der Waals surface area contributed by atoms with E-state index in [0.717, 1.165) is 16.7 Å². The average molecular weight is 282 g/mol. The van der Waals surface area contributed by atoms with Gasteiger partial charge in [0.1, 0.15) is 5.82 Å². The molecular weight excluding hydrogens is 271 g/mol. The first-order chi connectivity index (χ1) is 10.1. The topological polar surface area (TPSA) is 56.0 Å². The molecule has 3 rings (SSSR count). The number of benzene rings is 2. The average Bonchev–Trinajstić information content (AvgIpc) is 2.97. The normalized spacial score (nSPS) is 10.6. The summed E-state index contributed by atoms with van der Waals surface area (Å²) >= 11 is 0. The SMILES string of the molecule is CC(=O)c1nc(-c2ccc(-c3cccc(F)c3)cc2)no1. The van der Waals surface area contributed by atoms with Crippen molar-refractivity contribution in [2.75, 3.05) is 0 Å². The van der Waals surface area contributed by atoms with E-state index < -0.39 is 0 Å². The fourth-order valence-corrected chi connectivity index (χ4v) is 1.96. The molecule has 0 radical (unpaired) electrons. The second kappa shape index (κ2) is 5.28. The van der Waals surface area contributed by atoms with E-state index in [1.807, 2.05) is 18.2 Å². The largest absolute Gasteiger partial charge is 0.330 e. The van der Waals surface area contributed by atoms with Gasteiger partial charge in [0.25, 0.3) is 5.89 Å². The molecule has 1 aromatic heterocycles. The van der Waals surface area contributed by atoms with E-state index in [0.29, 0.717) is 5.82 Å². The molecule has 1 heterocycles. The van der Waals surface area contributed by atoms with Crippen molar-refractivity contribution in [2.45, 2.75) is 6.92 Å². The van der Waals surface area contributed by atoms with Crippen molar-refractivity contribution in [3.05, 3.63) is 60.2 Å². The molecule has 0 aliphatic heterocycles. The van der Waals surface area contributed by atoms with Crippen LogP contribution in [-0.4, -0.2) is 15.9 Å². The zero-order valence-corrected chi connectivity index (χ0v) is 11.2. The summed E-state index contributed by atoms with van der Waals surface area (Å²) < 4.78 is 18.1. The van der Waals surface area contributed by atoms with E-state index in [1.165, 1.54) is 19.1 Å². The van der Waals surface area contributed by atoms with E-state index in [1.54, 1.807) is 18.2 Å². The van der Waals surface area contributed by atoms with Crippen LogP contribution in [0.5, 0.6) is 0 Å². The molecule has 0 N–H and O–H groups in total. The van der Waals surface area contributed by atoms with Crippen LogP contribution in [0.3, 0.4) is 0 Å². The summed E-state index contributed by atoms with van der Waals surface area (Å²) in [6.07, 6.45) is 0. The number of nitrogens with zero attached hydrogens (tertiary/aromatic N) is 2. The lowest BCUT2D eigenvalue weighted by molar-refractivity contribution is 0.0972. The Hall–Kier alpha value is -2.82. The predicted octanol–water partition coefficient (Wildman–Crippen LogP) is 3.75. The molecule has 0 saturated heterocycles. The van der Waals surface area contributed by atoms with Gasteiger partial charge in [-0.3, -0.25) is 4.79 Å². The molecule has 0 aliphatic rings. The number of hydrogen-bond acceptors (Lipinski definition) is 4. The van der Waals surface area contributed by atoms with Crippen LogP contribution in [0.25, 0.3) is 22.5 Å². The Morgan fingerprint density at radius 1 is 1.05 bits per heavy atom. The number of ketones is 1. The van der Waals surface area contributed by atoms with E-state index in [2.05, 4.69) is 10.1 Å². The van der Waals surface area contributed by atoms with Gasteiger partial charge in [0, 0.05) is 12.5 Å². The maximum absolute atomic E-state index is 13.2. The van der Waals surface area contributed by atoms with Crippen molar-refractivity contribution in [3.63, 3.8) is 0 Å². The number of rotatable bonds is 3. The van der Waals surface area contributed by atoms with Crippen LogP contribution in [0, 0.1) is 5.82 Å². The molecule has 2 aromatic carbocycles. The van der Waals surface area contributed by atoms with E-state index >= 15 is 0 Å². The number of hydrogen-bond donors (Lipinski definition) is 0. The highest BCUT2D eigenvalue weighted by Gasteiger charge is 2.12. The van der Waals surface area contributed by atoms with Crippen molar-refractivity contribution in [2.24, 2.45) is 0 Å². The summed E-state index contributed by atoms with van der Waals surface area (Å²) in [5.41, 5.74) is 2.40. The first-order valence-corrected chi connectivity index (χ1v) is 6.34. The quantitative estimate of drug-likeness (QED) is 0.686. The number of Topliss-reactive ketones (excluding diaryl/α,β-unsaturated/α-hetero) is 1. The molecule has 3 aromatic rings. The Kier molecular flexibility index (Phi) is 3.31. The Morgan fingerprint density at radius 3 is 2.38 bits per heavy atom. The first kappa shape index (κ1) is 13.2. The monoisotopic (exact) mass is 282 g/mol. The van der Waals surface area contributed by atoms with Crippen LogP contribution in [0.15, 0.2) is 53.1 Å². The van der Waals surface area contributed by atoms with Crippen molar-refractivity contribution in [3.8, 4) is 22.5 Å². The molecule has 0 atom stereocenters. The molecule has 5 heteroatoms. The lowest BCUT2D eigenvalue weighted by atomic mass is 10.0. The van der Waals surface area contributed by atoms with Crippen molar-refractivity contribution in [1.82, 2.24) is 10.1 Å². The first-order valence-electron chi connectivity index (χ1n) is 6.34. The highest BCUT2D eigenvalue weighted by Crippen LogP contribution is 2.23. The zero-order valence-electron chi connectivity index (χ0n) is 11.2. The summed E-state index contributed by atoms with van der Waals surface area (Å²) in [7, 11) is 0. The molecule has 0 unspecified atom stereocenters. The minimum absolute atomic E-state index is 0.0146. The standard InChI is InChI=1S/C16H11FN2O2/c1-10(20)16-18-15(19-21-16)12-7-5-11(6-8-12)13-3-2-4-14(17)9-13/h2-9H,1H3. The van der Waals surface area contributed by atoms with Gasteiger partial charge in [0.2, 0.25) is 11.6 Å². The molecule has 0 aliphatic carbocycles. The van der Waals surface area contributed by atoms with Gasteiger partial charge >= 0.3 is 0 Å². The fraction of sp³-hybridized carbons (Fsp3) is 0.0625. The Bertz CT molecular complexity index is 794. The van der Waals surface area contributed by atoms with Crippen LogP contribution in [0.4, 0.5) is 4.39 Å². The van der Waals surface area contributed by atoms with Crippen LogP contribution in [0.2, 0.25) is 0 Å². The van der Waals surface area contributed by atoms with Crippen LogP contribution in [-0.2, 0) is 0 Å². The second-order valence-corrected chi connectivity index (χ2v) is 4.57. The highest BCUT2D eigenvalue weighted by atomic mass is 19.1. The van der Waals surface area contributed by atoms with Gasteiger partial charge in [-0.15, -0.1) is 0 Å². The predicted molar refractivity (Wildman–Crippen MR) is 75.1 cm³/mol. The van der Waals surface area contributed by atoms with Gasteiger partial charge in [-0.05, 0) is 23.3 Å². The number of carbonyl (C=O) groups is 1. The number of carbonyl (C=O) groups excluding carboxylic acids is 1. The summed E-state index contributed by atoms with van der Waals surface area (Å²) in [6, 6.07) is 13.7. The molecular formula is C16H11FN2O2. The Labute approximate surface area is 120 Å². The fourth-order valence-electron chi connectivity index (χ4n) is 1.96. The molecule has 0 bridgehead atoms. The van der Waals surface area contributed by atoms with Crippen LogP contribution < -0.4 is 0 Å². The van der Waals surface area contributed by atoms with Gasteiger partial charge < -0.3 is 4.52 Å². The summed E-state index contributed by atoms with van der Waals surface area (Å²) in [4.78, 5) is 15.1. The van der Waals surface area contributed by atoms with E-state index in [-0.39, 0.29) is 17.5 Å². The van der Waals surface area contributed by atoms with Gasteiger partial charge in [0.15, 0.2) is 0 Å². The molecule has 21 heavy (non-hydrogen) atoms. The number of halogens is 1. The maximum Gasteiger partial charge on any atom is 0.294 e.